The molecule has 0 spiro atoms. The van der Waals surface area contributed by atoms with Gasteiger partial charge in [-0.25, -0.2) is 8.42 Å². The van der Waals surface area contributed by atoms with Crippen molar-refractivity contribution in [1.29, 1.82) is 0 Å². The number of rotatable bonds is 6. The van der Waals surface area contributed by atoms with E-state index in [1.54, 1.807) is 6.26 Å². The third kappa shape index (κ3) is 5.54. The van der Waals surface area contributed by atoms with Crippen LogP contribution in [0.4, 0.5) is 0 Å². The maximum absolute atomic E-state index is 11.6. The van der Waals surface area contributed by atoms with Crippen molar-refractivity contribution in [3.63, 3.8) is 0 Å². The quantitative estimate of drug-likeness (QED) is 0.595. The highest BCUT2D eigenvalue weighted by Crippen LogP contribution is 2.22. The lowest BCUT2D eigenvalue weighted by molar-refractivity contribution is 0.234. The molecule has 21 heavy (non-hydrogen) atoms. The predicted molar refractivity (Wildman–Crippen MR) is 86.7 cm³/mol. The molecule has 1 saturated heterocycles. The molecule has 0 aliphatic carbocycles. The van der Waals surface area contributed by atoms with Gasteiger partial charge in [0.15, 0.2) is 9.84 Å². The van der Waals surface area contributed by atoms with Gasteiger partial charge >= 0.3 is 0 Å². The van der Waals surface area contributed by atoms with Crippen molar-refractivity contribution in [3.05, 3.63) is 42.2 Å². The van der Waals surface area contributed by atoms with E-state index >= 15 is 0 Å². The molecule has 2 rings (SSSR count). The lowest BCUT2D eigenvalue weighted by Crippen LogP contribution is -2.25. The lowest BCUT2D eigenvalue weighted by atomic mass is 10.00. The number of allylic oxidation sites excluding steroid dienone is 1. The highest BCUT2D eigenvalue weighted by atomic mass is 32.2. The standard InChI is InChI=1S/C17H24O3S/c1-15(17-9-3-2-4-10-17)13-20-11-5-7-16-8-6-12-21(18,19)14-16/h2-4,9-10,13,16H,5-8,11-12,14H2,1H3/b15-13-. The zero-order valence-electron chi connectivity index (χ0n) is 12.6. The van der Waals surface area contributed by atoms with Crippen molar-refractivity contribution in [2.75, 3.05) is 18.1 Å². The molecule has 0 amide bonds. The Kier molecular flexibility index (Phi) is 5.85. The molecule has 0 N–H and O–H groups in total. The van der Waals surface area contributed by atoms with Crippen molar-refractivity contribution >= 4 is 15.4 Å². The van der Waals surface area contributed by atoms with E-state index in [2.05, 4.69) is 12.1 Å². The van der Waals surface area contributed by atoms with Gasteiger partial charge in [0.2, 0.25) is 0 Å². The first kappa shape index (κ1) is 16.1. The summed E-state index contributed by atoms with van der Waals surface area (Å²) in [6.07, 6.45) is 5.52. The van der Waals surface area contributed by atoms with E-state index in [0.29, 0.717) is 24.0 Å². The Labute approximate surface area is 127 Å². The molecular weight excluding hydrogens is 284 g/mol. The zero-order valence-corrected chi connectivity index (χ0v) is 13.4. The number of ether oxygens (including phenoxy) is 1. The molecule has 116 valence electrons. The summed E-state index contributed by atoms with van der Waals surface area (Å²) in [4.78, 5) is 0. The van der Waals surface area contributed by atoms with E-state index in [9.17, 15) is 8.42 Å². The van der Waals surface area contributed by atoms with Gasteiger partial charge in [0.05, 0.1) is 24.4 Å². The maximum Gasteiger partial charge on any atom is 0.150 e. The van der Waals surface area contributed by atoms with E-state index in [4.69, 9.17) is 4.74 Å². The molecule has 1 aliphatic rings. The second-order valence-electron chi connectivity index (χ2n) is 5.80. The molecule has 0 bridgehead atoms. The molecule has 1 unspecified atom stereocenters. The van der Waals surface area contributed by atoms with Crippen LogP contribution in [0.2, 0.25) is 0 Å². The zero-order chi connectivity index (χ0) is 15.1. The minimum atomic E-state index is -2.78. The normalized spacial score (nSPS) is 22.0. The van der Waals surface area contributed by atoms with Crippen LogP contribution < -0.4 is 0 Å². The highest BCUT2D eigenvalue weighted by Gasteiger charge is 2.24. The van der Waals surface area contributed by atoms with Gasteiger partial charge in [0, 0.05) is 0 Å². The Bertz CT molecular complexity index is 561. The molecular formula is C17H24O3S. The minimum Gasteiger partial charge on any atom is -0.501 e. The van der Waals surface area contributed by atoms with Gasteiger partial charge in [0.1, 0.15) is 0 Å². The molecule has 1 fully saturated rings. The van der Waals surface area contributed by atoms with Gasteiger partial charge in [-0.2, -0.15) is 0 Å². The third-order valence-electron chi connectivity index (χ3n) is 3.92. The summed E-state index contributed by atoms with van der Waals surface area (Å²) in [5.41, 5.74) is 2.27. The van der Waals surface area contributed by atoms with Crippen molar-refractivity contribution in [3.8, 4) is 0 Å². The summed E-state index contributed by atoms with van der Waals surface area (Å²) < 4.78 is 28.7. The van der Waals surface area contributed by atoms with Crippen molar-refractivity contribution in [2.45, 2.75) is 32.6 Å². The molecule has 0 saturated carbocycles. The fourth-order valence-corrected chi connectivity index (χ4v) is 4.58. The molecule has 1 aliphatic heterocycles. The third-order valence-corrected chi connectivity index (χ3v) is 5.81. The van der Waals surface area contributed by atoms with Crippen molar-refractivity contribution in [1.82, 2.24) is 0 Å². The molecule has 0 radical (unpaired) electrons. The maximum atomic E-state index is 11.6. The summed E-state index contributed by atoms with van der Waals surface area (Å²) in [7, 11) is -2.78. The molecule has 1 aromatic rings. The van der Waals surface area contributed by atoms with E-state index < -0.39 is 9.84 Å². The SMILES string of the molecule is C/C(=C/OCCCC1CCCS(=O)(=O)C1)c1ccccc1. The van der Waals surface area contributed by atoms with Gasteiger partial charge in [-0.3, -0.25) is 0 Å². The fourth-order valence-electron chi connectivity index (χ4n) is 2.75. The molecule has 1 atom stereocenters. The van der Waals surface area contributed by atoms with E-state index in [1.165, 1.54) is 0 Å². The fraction of sp³-hybridized carbons (Fsp3) is 0.529. The smallest absolute Gasteiger partial charge is 0.150 e. The van der Waals surface area contributed by atoms with Crippen molar-refractivity contribution in [2.24, 2.45) is 5.92 Å². The van der Waals surface area contributed by atoms with E-state index in [0.717, 1.165) is 36.8 Å². The van der Waals surface area contributed by atoms with Gasteiger partial charge in [-0.1, -0.05) is 30.3 Å². The Morgan fingerprint density at radius 3 is 2.81 bits per heavy atom. The summed E-state index contributed by atoms with van der Waals surface area (Å²) in [6, 6.07) is 10.1. The van der Waals surface area contributed by atoms with Crippen LogP contribution in [0, 0.1) is 5.92 Å². The second kappa shape index (κ2) is 7.64. The lowest BCUT2D eigenvalue weighted by Gasteiger charge is -2.21. The first-order valence-corrected chi connectivity index (χ1v) is 9.43. The average Bonchev–Trinajstić information content (AvgIpc) is 2.46. The Balaban J connectivity index is 1.68. The Morgan fingerprint density at radius 2 is 2.10 bits per heavy atom. The molecule has 1 aromatic carbocycles. The first-order valence-electron chi connectivity index (χ1n) is 7.61. The number of benzene rings is 1. The van der Waals surface area contributed by atoms with Gasteiger partial charge < -0.3 is 4.74 Å². The van der Waals surface area contributed by atoms with Crippen LogP contribution >= 0.6 is 0 Å². The largest absolute Gasteiger partial charge is 0.501 e. The Hall–Kier alpha value is -1.29. The molecule has 1 heterocycles. The van der Waals surface area contributed by atoms with Gasteiger partial charge in [0.25, 0.3) is 0 Å². The van der Waals surface area contributed by atoms with E-state index in [-0.39, 0.29) is 0 Å². The topological polar surface area (TPSA) is 43.4 Å². The van der Waals surface area contributed by atoms with Crippen LogP contribution in [0.15, 0.2) is 36.6 Å². The number of hydrogen-bond acceptors (Lipinski definition) is 3. The minimum absolute atomic E-state index is 0.326. The summed E-state index contributed by atoms with van der Waals surface area (Å²) in [6.45, 7) is 2.68. The van der Waals surface area contributed by atoms with Crippen LogP contribution in [-0.2, 0) is 14.6 Å². The monoisotopic (exact) mass is 308 g/mol. The average molecular weight is 308 g/mol. The van der Waals surface area contributed by atoms with Gasteiger partial charge in [-0.05, 0) is 49.7 Å². The molecule has 0 aromatic heterocycles. The van der Waals surface area contributed by atoms with Crippen LogP contribution in [0.25, 0.3) is 5.57 Å². The number of sulfone groups is 1. The summed E-state index contributed by atoms with van der Waals surface area (Å²) in [5.74, 6) is 1.07. The first-order chi connectivity index (χ1) is 10.1. The van der Waals surface area contributed by atoms with Crippen LogP contribution in [0.3, 0.4) is 0 Å². The molecule has 4 heteroatoms. The predicted octanol–water partition coefficient (Wildman–Crippen LogP) is 3.67. The summed E-state index contributed by atoms with van der Waals surface area (Å²) >= 11 is 0. The van der Waals surface area contributed by atoms with E-state index in [1.807, 2.05) is 25.1 Å². The van der Waals surface area contributed by atoms with Crippen LogP contribution in [0.5, 0.6) is 0 Å². The van der Waals surface area contributed by atoms with Crippen molar-refractivity contribution < 1.29 is 13.2 Å². The number of hydrogen-bond donors (Lipinski definition) is 0. The summed E-state index contributed by atoms with van der Waals surface area (Å²) in [5, 5.41) is 0. The molecule has 3 nitrogen and oxygen atoms in total. The highest BCUT2D eigenvalue weighted by molar-refractivity contribution is 7.91. The second-order valence-corrected chi connectivity index (χ2v) is 8.03. The van der Waals surface area contributed by atoms with Crippen LogP contribution in [-0.4, -0.2) is 26.5 Å². The van der Waals surface area contributed by atoms with Crippen LogP contribution in [0.1, 0.15) is 38.2 Å². The van der Waals surface area contributed by atoms with Gasteiger partial charge in [-0.15, -0.1) is 0 Å². The Morgan fingerprint density at radius 1 is 1.33 bits per heavy atom.